The summed E-state index contributed by atoms with van der Waals surface area (Å²) in [5.41, 5.74) is 5.13. The minimum atomic E-state index is -4.08. The van der Waals surface area contributed by atoms with Gasteiger partial charge in [0.1, 0.15) is 16.4 Å². The molecule has 1 heterocycles. The van der Waals surface area contributed by atoms with Crippen molar-refractivity contribution in [2.45, 2.75) is 23.4 Å². The summed E-state index contributed by atoms with van der Waals surface area (Å²) in [6, 6.07) is 15.7. The van der Waals surface area contributed by atoms with Gasteiger partial charge in [-0.1, -0.05) is 53.0 Å². The topological polar surface area (TPSA) is 89.0 Å². The van der Waals surface area contributed by atoms with Gasteiger partial charge in [0.05, 0.1) is 32.0 Å². The van der Waals surface area contributed by atoms with Crippen LogP contribution in [0.3, 0.4) is 0 Å². The maximum atomic E-state index is 13.5. The van der Waals surface area contributed by atoms with E-state index in [-0.39, 0.29) is 16.7 Å². The average Bonchev–Trinajstić information content (AvgIpc) is 3.33. The first-order chi connectivity index (χ1) is 16.7. The van der Waals surface area contributed by atoms with E-state index in [1.54, 1.807) is 36.4 Å². The van der Waals surface area contributed by atoms with Crippen molar-refractivity contribution in [2.75, 3.05) is 14.2 Å². The summed E-state index contributed by atoms with van der Waals surface area (Å²) in [5.74, 6) is 0.608. The Balaban J connectivity index is 1.70. The highest BCUT2D eigenvalue weighted by atomic mass is 35.5. The average molecular weight is 555 g/mol. The molecule has 11 heteroatoms. The Kier molecular flexibility index (Phi) is 7.78. The molecular weight excluding hydrogens is 533 g/mol. The fourth-order valence-corrected chi connectivity index (χ4v) is 5.79. The molecule has 0 saturated carbocycles. The van der Waals surface area contributed by atoms with Gasteiger partial charge in [0.25, 0.3) is 0 Å². The number of hydrogen-bond acceptors (Lipinski definition) is 6. The minimum Gasteiger partial charge on any atom is -0.497 e. The molecule has 0 aromatic heterocycles. The lowest BCUT2D eigenvalue weighted by molar-refractivity contribution is 0.386. The van der Waals surface area contributed by atoms with Crippen LogP contribution >= 0.6 is 34.8 Å². The van der Waals surface area contributed by atoms with Crippen molar-refractivity contribution in [1.82, 2.24) is 10.1 Å². The summed E-state index contributed by atoms with van der Waals surface area (Å²) in [6.45, 7) is 0. The first-order valence-electron chi connectivity index (χ1n) is 10.5. The summed E-state index contributed by atoms with van der Waals surface area (Å²) in [5, 5.41) is 5.84. The quantitative estimate of drug-likeness (QED) is 0.369. The minimum absolute atomic E-state index is 0.0447. The third-order valence-electron chi connectivity index (χ3n) is 5.59. The fraction of sp³-hybridized carbons (Fsp3) is 0.208. The van der Waals surface area contributed by atoms with E-state index in [9.17, 15) is 8.42 Å². The Morgan fingerprint density at radius 2 is 1.69 bits per heavy atom. The molecule has 0 radical (unpaired) electrons. The van der Waals surface area contributed by atoms with Crippen LogP contribution < -0.4 is 19.6 Å². The van der Waals surface area contributed by atoms with E-state index in [0.29, 0.717) is 38.5 Å². The molecule has 184 valence electrons. The van der Waals surface area contributed by atoms with Gasteiger partial charge < -0.3 is 14.9 Å². The monoisotopic (exact) mass is 553 g/mol. The van der Waals surface area contributed by atoms with Gasteiger partial charge in [-0.3, -0.25) is 0 Å². The summed E-state index contributed by atoms with van der Waals surface area (Å²) >= 11 is 18.6. The number of ether oxygens (including phenoxy) is 2. The molecule has 0 fully saturated rings. The zero-order valence-electron chi connectivity index (χ0n) is 18.8. The highest BCUT2D eigenvalue weighted by Gasteiger charge is 2.33. The molecule has 3 aromatic rings. The number of hydrazone groups is 1. The maximum absolute atomic E-state index is 13.5. The number of halogens is 3. The lowest BCUT2D eigenvalue weighted by Crippen LogP contribution is -2.34. The summed E-state index contributed by atoms with van der Waals surface area (Å²) in [7, 11) is -1.20. The molecular formula is C24H22Cl3N3O4S. The zero-order valence-corrected chi connectivity index (χ0v) is 21.8. The smallest absolute Gasteiger partial charge is 0.245 e. The molecule has 0 amide bonds. The van der Waals surface area contributed by atoms with Gasteiger partial charge in [-0.05, 0) is 47.5 Å². The Morgan fingerprint density at radius 3 is 2.34 bits per heavy atom. The van der Waals surface area contributed by atoms with Crippen molar-refractivity contribution in [3.63, 3.8) is 0 Å². The van der Waals surface area contributed by atoms with E-state index < -0.39 is 16.1 Å². The van der Waals surface area contributed by atoms with E-state index in [4.69, 9.17) is 44.3 Å². The molecule has 7 nitrogen and oxygen atoms in total. The van der Waals surface area contributed by atoms with Crippen LogP contribution in [0.4, 0.5) is 0 Å². The highest BCUT2D eigenvalue weighted by Crippen LogP contribution is 2.35. The lowest BCUT2D eigenvalue weighted by Gasteiger charge is -2.22. The van der Waals surface area contributed by atoms with Crippen LogP contribution in [0.25, 0.3) is 0 Å². The van der Waals surface area contributed by atoms with Gasteiger partial charge in [0.2, 0.25) is 10.0 Å². The Labute approximate surface area is 219 Å². The normalized spacial score (nSPS) is 16.4. The predicted octanol–water partition coefficient (Wildman–Crippen LogP) is 5.77. The standard InChI is InChI=1S/C24H22Cl3N3O4S/c1-33-17-8-10-23(22(12-17)34-2)35(31,32)30-24(18-9-7-16(26)11-19(18)27)21-13-20(28-29-21)14-3-5-15(25)6-4-14/h3-12,20,24,28,30H,13H2,1-2H3. The molecule has 0 spiro atoms. The first kappa shape index (κ1) is 25.6. The Morgan fingerprint density at radius 1 is 0.971 bits per heavy atom. The fourth-order valence-electron chi connectivity index (χ4n) is 3.79. The van der Waals surface area contributed by atoms with Gasteiger partial charge in [0.15, 0.2) is 0 Å². The highest BCUT2D eigenvalue weighted by molar-refractivity contribution is 7.89. The molecule has 0 saturated heterocycles. The van der Waals surface area contributed by atoms with E-state index >= 15 is 0 Å². The number of nitrogens with zero attached hydrogens (tertiary/aromatic N) is 1. The lowest BCUT2D eigenvalue weighted by atomic mass is 9.96. The van der Waals surface area contributed by atoms with E-state index in [1.165, 1.54) is 26.4 Å². The zero-order chi connectivity index (χ0) is 25.2. The number of nitrogens with one attached hydrogen (secondary N) is 2. The molecule has 2 atom stereocenters. The van der Waals surface area contributed by atoms with E-state index in [2.05, 4.69) is 15.2 Å². The molecule has 1 aliphatic rings. The number of hydrogen-bond donors (Lipinski definition) is 2. The summed E-state index contributed by atoms with van der Waals surface area (Å²) in [6.07, 6.45) is 0.438. The Hall–Kier alpha value is -2.49. The molecule has 2 N–H and O–H groups in total. The molecule has 3 aromatic carbocycles. The SMILES string of the molecule is COc1ccc(S(=O)(=O)NC(C2=NNC(c3ccc(Cl)cc3)C2)c2ccc(Cl)cc2Cl)c(OC)c1. The van der Waals surface area contributed by atoms with Crippen LogP contribution in [-0.2, 0) is 10.0 Å². The maximum Gasteiger partial charge on any atom is 0.245 e. The van der Waals surface area contributed by atoms with Gasteiger partial charge in [-0.2, -0.15) is 9.82 Å². The molecule has 2 unspecified atom stereocenters. The second-order valence-electron chi connectivity index (χ2n) is 7.78. The van der Waals surface area contributed by atoms with Crippen LogP contribution in [0, 0.1) is 0 Å². The molecule has 35 heavy (non-hydrogen) atoms. The third kappa shape index (κ3) is 5.68. The van der Waals surface area contributed by atoms with Crippen molar-refractivity contribution in [1.29, 1.82) is 0 Å². The van der Waals surface area contributed by atoms with Crippen LogP contribution in [-0.4, -0.2) is 28.3 Å². The van der Waals surface area contributed by atoms with E-state index in [0.717, 1.165) is 5.56 Å². The van der Waals surface area contributed by atoms with Crippen LogP contribution in [0.15, 0.2) is 70.7 Å². The number of sulfonamides is 1. The van der Waals surface area contributed by atoms with Crippen molar-refractivity contribution in [3.8, 4) is 11.5 Å². The molecule has 1 aliphatic heterocycles. The largest absolute Gasteiger partial charge is 0.497 e. The molecule has 4 rings (SSSR count). The molecule has 0 bridgehead atoms. The van der Waals surface area contributed by atoms with Crippen LogP contribution in [0.5, 0.6) is 11.5 Å². The number of benzene rings is 3. The first-order valence-corrected chi connectivity index (χ1v) is 13.1. The predicted molar refractivity (Wildman–Crippen MR) is 138 cm³/mol. The second-order valence-corrected chi connectivity index (χ2v) is 10.7. The van der Waals surface area contributed by atoms with Crippen LogP contribution in [0.2, 0.25) is 15.1 Å². The number of methoxy groups -OCH3 is 2. The van der Waals surface area contributed by atoms with Crippen molar-refractivity contribution >= 4 is 50.5 Å². The Bertz CT molecular complexity index is 1360. The summed E-state index contributed by atoms with van der Waals surface area (Å²) < 4.78 is 40.3. The van der Waals surface area contributed by atoms with Gasteiger partial charge in [-0.25, -0.2) is 8.42 Å². The van der Waals surface area contributed by atoms with Gasteiger partial charge in [-0.15, -0.1) is 0 Å². The van der Waals surface area contributed by atoms with Crippen molar-refractivity contribution in [3.05, 3.63) is 86.9 Å². The molecule has 0 aliphatic carbocycles. The summed E-state index contributed by atoms with van der Waals surface area (Å²) in [4.78, 5) is -0.0447. The number of rotatable bonds is 8. The van der Waals surface area contributed by atoms with Gasteiger partial charge in [0, 0.05) is 27.6 Å². The van der Waals surface area contributed by atoms with Gasteiger partial charge >= 0.3 is 0 Å². The van der Waals surface area contributed by atoms with E-state index in [1.807, 2.05) is 12.1 Å². The third-order valence-corrected chi connectivity index (χ3v) is 7.87. The van der Waals surface area contributed by atoms with Crippen LogP contribution in [0.1, 0.15) is 29.6 Å². The van der Waals surface area contributed by atoms with Crippen molar-refractivity contribution in [2.24, 2.45) is 5.10 Å². The second kappa shape index (κ2) is 10.6. The van der Waals surface area contributed by atoms with Crippen molar-refractivity contribution < 1.29 is 17.9 Å².